The molecule has 1 aliphatic rings. The minimum atomic E-state index is -5.12. The molecule has 6 N–H and O–H groups in total. The number of rotatable bonds is 39. The van der Waals surface area contributed by atoms with Gasteiger partial charge in [-0.15, -0.1) is 0 Å². The van der Waals surface area contributed by atoms with Crippen molar-refractivity contribution in [1.29, 1.82) is 0 Å². The molecular weight excluding hydrogens is 803 g/mol. The van der Waals surface area contributed by atoms with E-state index in [1.807, 2.05) is 0 Å². The van der Waals surface area contributed by atoms with E-state index in [1.165, 1.54) is 77.0 Å². The molecule has 1 aliphatic carbocycles. The van der Waals surface area contributed by atoms with Gasteiger partial charge in [-0.2, -0.15) is 0 Å². The molecule has 356 valence electrons. The van der Waals surface area contributed by atoms with Gasteiger partial charge < -0.3 is 39.9 Å². The quantitative estimate of drug-likeness (QED) is 0.0147. The first-order chi connectivity index (χ1) is 29.4. The fraction of sp³-hybridized carbons (Fsp3) is 0.830. The van der Waals surface area contributed by atoms with Crippen LogP contribution < -0.4 is 0 Å². The fourth-order valence-corrected chi connectivity index (χ4v) is 8.09. The van der Waals surface area contributed by atoms with Gasteiger partial charge in [0.2, 0.25) is 0 Å². The van der Waals surface area contributed by atoms with Gasteiger partial charge in [0, 0.05) is 12.8 Å². The van der Waals surface area contributed by atoms with Gasteiger partial charge >= 0.3 is 19.8 Å². The van der Waals surface area contributed by atoms with E-state index in [1.54, 1.807) is 0 Å². The highest BCUT2D eigenvalue weighted by Crippen LogP contribution is 2.47. The summed E-state index contributed by atoms with van der Waals surface area (Å²) in [5, 5.41) is 50.1. The highest BCUT2D eigenvalue weighted by Gasteiger charge is 2.51. The molecule has 0 aromatic rings. The number of allylic oxidation sites excluding steroid dienone is 6. The molecule has 13 nitrogen and oxygen atoms in total. The van der Waals surface area contributed by atoms with Gasteiger partial charge in [0.15, 0.2) is 6.10 Å². The standard InChI is InChI=1S/C47H85O13P/c1-3-5-7-9-11-13-15-17-18-19-20-21-22-24-25-27-29-31-33-35-40(48)57-37-39(38-58-61(55,56)60-47-45(53)43(51)42(50)44(52)46(47)54)59-41(49)36-34-32-30-28-26-23-16-14-12-10-8-6-4-2/h11,13,17-18,20-21,39,42-47,50-54H,3-10,12,14-16,19,22-38H2,1-2H3,(H,55,56). The third-order valence-electron chi connectivity index (χ3n) is 11.0. The Bertz CT molecular complexity index is 1210. The molecule has 14 heteroatoms. The summed E-state index contributed by atoms with van der Waals surface area (Å²) in [5.74, 6) is -1.11. The molecule has 0 aliphatic heterocycles. The van der Waals surface area contributed by atoms with E-state index in [0.29, 0.717) is 12.8 Å². The van der Waals surface area contributed by atoms with Crippen LogP contribution in [-0.4, -0.2) is 98.3 Å². The predicted molar refractivity (Wildman–Crippen MR) is 240 cm³/mol. The fourth-order valence-electron chi connectivity index (χ4n) is 7.12. The lowest BCUT2D eigenvalue weighted by molar-refractivity contribution is -0.220. The molecule has 0 heterocycles. The number of ether oxygens (including phenoxy) is 2. The zero-order valence-electron chi connectivity index (χ0n) is 37.7. The molecule has 0 bridgehead atoms. The minimum Gasteiger partial charge on any atom is -0.462 e. The molecule has 0 aromatic heterocycles. The van der Waals surface area contributed by atoms with Crippen LogP contribution >= 0.6 is 7.82 Å². The van der Waals surface area contributed by atoms with Gasteiger partial charge in [0.05, 0.1) is 6.61 Å². The molecule has 0 radical (unpaired) electrons. The monoisotopic (exact) mass is 889 g/mol. The largest absolute Gasteiger partial charge is 0.472 e. The maximum absolute atomic E-state index is 12.8. The molecular formula is C47H85O13P. The van der Waals surface area contributed by atoms with Gasteiger partial charge in [-0.05, 0) is 51.4 Å². The van der Waals surface area contributed by atoms with E-state index in [4.69, 9.17) is 18.5 Å². The second-order valence-corrected chi connectivity index (χ2v) is 18.0. The van der Waals surface area contributed by atoms with Crippen molar-refractivity contribution in [3.63, 3.8) is 0 Å². The van der Waals surface area contributed by atoms with Crippen molar-refractivity contribution in [1.82, 2.24) is 0 Å². The van der Waals surface area contributed by atoms with Crippen LogP contribution in [-0.2, 0) is 32.7 Å². The Morgan fingerprint density at radius 1 is 0.508 bits per heavy atom. The first-order valence-corrected chi connectivity index (χ1v) is 25.3. The summed E-state index contributed by atoms with van der Waals surface area (Å²) in [6.45, 7) is 3.26. The summed E-state index contributed by atoms with van der Waals surface area (Å²) in [7, 11) is -5.12. The number of aliphatic hydroxyl groups excluding tert-OH is 5. The Morgan fingerprint density at radius 3 is 1.38 bits per heavy atom. The van der Waals surface area contributed by atoms with Gasteiger partial charge in [-0.25, -0.2) is 4.57 Å². The van der Waals surface area contributed by atoms with E-state index in [2.05, 4.69) is 50.3 Å². The highest BCUT2D eigenvalue weighted by molar-refractivity contribution is 7.47. The lowest BCUT2D eigenvalue weighted by Gasteiger charge is -2.41. The summed E-state index contributed by atoms with van der Waals surface area (Å²) in [4.78, 5) is 35.7. The van der Waals surface area contributed by atoms with Crippen LogP contribution in [0.4, 0.5) is 0 Å². The van der Waals surface area contributed by atoms with Crippen molar-refractivity contribution in [3.8, 4) is 0 Å². The third kappa shape index (κ3) is 30.0. The number of hydrogen-bond donors (Lipinski definition) is 6. The normalized spacial score (nSPS) is 22.3. The molecule has 1 rings (SSSR count). The Kier molecular flexibility index (Phi) is 35.0. The molecule has 0 spiro atoms. The number of phosphoric acid groups is 1. The second-order valence-electron chi connectivity index (χ2n) is 16.6. The number of aliphatic hydroxyl groups is 5. The van der Waals surface area contributed by atoms with Gasteiger partial charge in [-0.1, -0.05) is 166 Å². The van der Waals surface area contributed by atoms with E-state index >= 15 is 0 Å². The maximum atomic E-state index is 12.8. The smallest absolute Gasteiger partial charge is 0.462 e. The predicted octanol–water partition coefficient (Wildman–Crippen LogP) is 9.39. The minimum absolute atomic E-state index is 0.0963. The number of hydrogen-bond acceptors (Lipinski definition) is 12. The van der Waals surface area contributed by atoms with E-state index in [-0.39, 0.29) is 12.8 Å². The topological polar surface area (TPSA) is 210 Å². The molecule has 6 unspecified atom stereocenters. The number of esters is 2. The molecule has 61 heavy (non-hydrogen) atoms. The molecule has 0 amide bonds. The van der Waals surface area contributed by atoms with Crippen molar-refractivity contribution in [2.75, 3.05) is 13.2 Å². The Morgan fingerprint density at radius 2 is 0.885 bits per heavy atom. The van der Waals surface area contributed by atoms with Crippen molar-refractivity contribution >= 4 is 19.8 Å². The lowest BCUT2D eigenvalue weighted by Crippen LogP contribution is -2.64. The Balaban J connectivity index is 2.44. The van der Waals surface area contributed by atoms with Gasteiger partial charge in [0.1, 0.15) is 43.2 Å². The molecule has 1 fully saturated rings. The molecule has 0 aromatic carbocycles. The van der Waals surface area contributed by atoms with E-state index < -0.39 is 75.7 Å². The van der Waals surface area contributed by atoms with E-state index in [0.717, 1.165) is 77.0 Å². The van der Waals surface area contributed by atoms with Crippen molar-refractivity contribution < 1.29 is 63.1 Å². The summed E-state index contributed by atoms with van der Waals surface area (Å²) < 4.78 is 33.5. The molecule has 1 saturated carbocycles. The van der Waals surface area contributed by atoms with Crippen molar-refractivity contribution in [3.05, 3.63) is 36.5 Å². The van der Waals surface area contributed by atoms with Crippen molar-refractivity contribution in [2.24, 2.45) is 0 Å². The lowest BCUT2D eigenvalue weighted by atomic mass is 9.85. The Labute approximate surface area is 368 Å². The average molecular weight is 889 g/mol. The first kappa shape index (κ1) is 57.1. The van der Waals surface area contributed by atoms with Crippen LogP contribution in [0.5, 0.6) is 0 Å². The van der Waals surface area contributed by atoms with Gasteiger partial charge in [-0.3, -0.25) is 18.6 Å². The zero-order chi connectivity index (χ0) is 45.0. The van der Waals surface area contributed by atoms with Crippen LogP contribution in [0.2, 0.25) is 0 Å². The number of phosphoric ester groups is 1. The van der Waals surface area contributed by atoms with Crippen LogP contribution in [0.3, 0.4) is 0 Å². The summed E-state index contributed by atoms with van der Waals surface area (Å²) in [5.41, 5.74) is 0. The maximum Gasteiger partial charge on any atom is 0.472 e. The second kappa shape index (κ2) is 37.4. The molecule has 0 saturated heterocycles. The number of carbonyl (C=O) groups excluding carboxylic acids is 2. The number of carbonyl (C=O) groups is 2. The number of unbranched alkanes of at least 4 members (excludes halogenated alkanes) is 21. The molecule has 6 atom stereocenters. The SMILES string of the molecule is CCCCCC=CCC=CCC=CCCCCCCCCC(=O)OCC(COP(=O)(O)OC1C(O)C(O)C(O)C(O)C1O)OC(=O)CCCCCCCCCCCCCCC. The van der Waals surface area contributed by atoms with Crippen molar-refractivity contribution in [2.45, 2.75) is 236 Å². The van der Waals surface area contributed by atoms with Gasteiger partial charge in [0.25, 0.3) is 0 Å². The highest BCUT2D eigenvalue weighted by atomic mass is 31.2. The zero-order valence-corrected chi connectivity index (χ0v) is 38.6. The van der Waals surface area contributed by atoms with E-state index in [9.17, 15) is 44.6 Å². The summed E-state index contributed by atoms with van der Waals surface area (Å²) >= 11 is 0. The first-order valence-electron chi connectivity index (χ1n) is 23.8. The third-order valence-corrected chi connectivity index (χ3v) is 12.0. The summed E-state index contributed by atoms with van der Waals surface area (Å²) in [6, 6.07) is 0. The summed E-state index contributed by atoms with van der Waals surface area (Å²) in [6.07, 6.45) is 29.1. The Hall–Kier alpha value is -1.93. The van der Waals surface area contributed by atoms with Crippen LogP contribution in [0.15, 0.2) is 36.5 Å². The average Bonchev–Trinajstić information content (AvgIpc) is 3.24. The van der Waals surface area contributed by atoms with Crippen LogP contribution in [0.25, 0.3) is 0 Å². The van der Waals surface area contributed by atoms with Crippen LogP contribution in [0.1, 0.15) is 194 Å². The van der Waals surface area contributed by atoms with Crippen LogP contribution in [0, 0.1) is 0 Å².